The lowest BCUT2D eigenvalue weighted by Crippen LogP contribution is -2.36. The molecule has 3 heterocycles. The molecule has 3 atom stereocenters. The molecule has 0 aliphatic rings. The van der Waals surface area contributed by atoms with Gasteiger partial charge < -0.3 is 54.0 Å². The number of aryl methyl sites for hydroxylation is 3. The van der Waals surface area contributed by atoms with Crippen LogP contribution in [-0.4, -0.2) is 64.6 Å². The Morgan fingerprint density at radius 2 is 1.08 bits per heavy atom. The van der Waals surface area contributed by atoms with Gasteiger partial charge in [0.05, 0.1) is 30.9 Å². The molecular formula is C36H43N3O12. The fourth-order valence-electron chi connectivity index (χ4n) is 5.03. The molecule has 0 saturated heterocycles. The van der Waals surface area contributed by atoms with Crippen molar-refractivity contribution in [2.45, 2.75) is 71.9 Å². The summed E-state index contributed by atoms with van der Waals surface area (Å²) in [4.78, 5) is 51.5. The van der Waals surface area contributed by atoms with E-state index < -0.39 is 67.4 Å². The van der Waals surface area contributed by atoms with Crippen LogP contribution in [0.25, 0.3) is 0 Å². The van der Waals surface area contributed by atoms with E-state index in [2.05, 4.69) is 16.0 Å². The molecule has 0 aliphatic heterocycles. The van der Waals surface area contributed by atoms with Crippen molar-refractivity contribution in [3.63, 3.8) is 0 Å². The maximum atomic E-state index is 13.3. The molecule has 6 N–H and O–H groups in total. The molecule has 0 radical (unpaired) electrons. The molecule has 1 aromatic carbocycles. The minimum atomic E-state index is -1.09. The number of hydrogen-bond acceptors (Lipinski definition) is 12. The van der Waals surface area contributed by atoms with E-state index in [1.54, 1.807) is 27.7 Å². The van der Waals surface area contributed by atoms with E-state index in [-0.39, 0.29) is 57.9 Å². The Morgan fingerprint density at radius 1 is 0.667 bits per heavy atom. The van der Waals surface area contributed by atoms with Crippen LogP contribution in [0, 0.1) is 20.8 Å². The molecule has 274 valence electrons. The van der Waals surface area contributed by atoms with Gasteiger partial charge in [-0.05, 0) is 65.3 Å². The zero-order chi connectivity index (χ0) is 37.5. The number of aliphatic hydroxyl groups is 3. The number of ether oxygens (including phenoxy) is 2. The lowest BCUT2D eigenvalue weighted by atomic mass is 10.1. The van der Waals surface area contributed by atoms with Gasteiger partial charge in [0.15, 0.2) is 0 Å². The van der Waals surface area contributed by atoms with Crippen LogP contribution in [0.3, 0.4) is 0 Å². The minimum Gasteiger partial charge on any atom is -0.463 e. The fraction of sp³-hybridized carbons (Fsp3) is 0.389. The van der Waals surface area contributed by atoms with Crippen molar-refractivity contribution in [1.29, 1.82) is 0 Å². The van der Waals surface area contributed by atoms with Gasteiger partial charge in [-0.2, -0.15) is 0 Å². The standard InChI is InChI=1S/C36H43N3O12/c1-19-23(32(43)38-27(16-41)31-14-25(21(3)50-31)34(45)47-18-22-10-8-7-9-11-22)12-29(48-19)26(15-40)37-33(44)24-13-30(49-20(24)2)28(17-42)39-35(46)51-36(4,5)6/h7-14,26-28,40-42H,15-18H2,1-6H3,(H,37,44)(H,38,43)(H,39,46)/t26-,27-,28-/m1/s1. The van der Waals surface area contributed by atoms with Crippen molar-refractivity contribution >= 4 is 23.9 Å². The molecule has 0 aliphatic carbocycles. The number of rotatable bonds is 14. The number of carbonyl (C=O) groups excluding carboxylic acids is 4. The van der Waals surface area contributed by atoms with Gasteiger partial charge in [0.2, 0.25) is 0 Å². The van der Waals surface area contributed by atoms with Crippen molar-refractivity contribution < 1.29 is 57.2 Å². The molecule has 15 heteroatoms. The Morgan fingerprint density at radius 3 is 1.51 bits per heavy atom. The summed E-state index contributed by atoms with van der Waals surface area (Å²) in [6.45, 7) is 8.00. The number of alkyl carbamates (subject to hydrolysis) is 1. The predicted molar refractivity (Wildman–Crippen MR) is 180 cm³/mol. The molecule has 0 saturated carbocycles. The van der Waals surface area contributed by atoms with Gasteiger partial charge in [-0.3, -0.25) is 9.59 Å². The highest BCUT2D eigenvalue weighted by atomic mass is 16.6. The number of esters is 1. The Bertz CT molecular complexity index is 1830. The van der Waals surface area contributed by atoms with Gasteiger partial charge in [-0.1, -0.05) is 30.3 Å². The summed E-state index contributed by atoms with van der Waals surface area (Å²) in [6.07, 6.45) is -0.788. The zero-order valence-electron chi connectivity index (χ0n) is 29.2. The van der Waals surface area contributed by atoms with Crippen LogP contribution in [0.5, 0.6) is 0 Å². The number of nitrogens with one attached hydrogen (secondary N) is 3. The Hall–Kier alpha value is -5.38. The second-order valence-electron chi connectivity index (χ2n) is 12.7. The number of benzene rings is 1. The summed E-state index contributed by atoms with van der Waals surface area (Å²) >= 11 is 0. The average Bonchev–Trinajstić information content (AvgIpc) is 3.79. The maximum absolute atomic E-state index is 13.3. The smallest absolute Gasteiger partial charge is 0.408 e. The van der Waals surface area contributed by atoms with Crippen molar-refractivity contribution in [3.05, 3.63) is 105 Å². The van der Waals surface area contributed by atoms with Crippen LogP contribution in [0.15, 0.2) is 61.8 Å². The summed E-state index contributed by atoms with van der Waals surface area (Å²) in [6, 6.07) is 10.1. The van der Waals surface area contributed by atoms with Gasteiger partial charge >= 0.3 is 12.1 Å². The molecule has 0 bridgehead atoms. The predicted octanol–water partition coefficient (Wildman–Crippen LogP) is 4.23. The van der Waals surface area contributed by atoms with Gasteiger partial charge in [0.1, 0.15) is 70.5 Å². The topological polar surface area (TPSA) is 223 Å². The monoisotopic (exact) mass is 709 g/mol. The van der Waals surface area contributed by atoms with Crippen LogP contribution in [-0.2, 0) is 16.1 Å². The Kier molecular flexibility index (Phi) is 12.5. The van der Waals surface area contributed by atoms with E-state index in [1.807, 2.05) is 30.3 Å². The largest absolute Gasteiger partial charge is 0.463 e. The summed E-state index contributed by atoms with van der Waals surface area (Å²) in [5, 5.41) is 37.9. The van der Waals surface area contributed by atoms with E-state index in [1.165, 1.54) is 32.0 Å². The van der Waals surface area contributed by atoms with Crippen LogP contribution < -0.4 is 16.0 Å². The normalized spacial score (nSPS) is 13.2. The van der Waals surface area contributed by atoms with Crippen LogP contribution in [0.4, 0.5) is 4.79 Å². The molecule has 51 heavy (non-hydrogen) atoms. The fourth-order valence-corrected chi connectivity index (χ4v) is 5.03. The number of furan rings is 3. The number of carbonyl (C=O) groups is 4. The third kappa shape index (κ3) is 9.87. The molecule has 0 spiro atoms. The summed E-state index contributed by atoms with van der Waals surface area (Å²) in [5.74, 6) is -1.09. The molecule has 4 aromatic rings. The van der Waals surface area contributed by atoms with E-state index >= 15 is 0 Å². The van der Waals surface area contributed by atoms with Crippen LogP contribution in [0.2, 0.25) is 0 Å². The zero-order valence-corrected chi connectivity index (χ0v) is 29.2. The molecule has 15 nitrogen and oxygen atoms in total. The first-order valence-corrected chi connectivity index (χ1v) is 16.1. The SMILES string of the molecule is Cc1oc([C@@H](CO)NC(=O)OC(C)(C)C)cc1C(=O)N[C@H](CO)c1cc(C(=O)N[C@H](CO)c2cc(C(=O)OCc3ccccc3)c(C)o2)c(C)o1. The van der Waals surface area contributed by atoms with Crippen molar-refractivity contribution in [3.8, 4) is 0 Å². The Balaban J connectivity index is 1.42. The molecule has 3 amide bonds. The molecule has 0 fully saturated rings. The average molecular weight is 710 g/mol. The van der Waals surface area contributed by atoms with E-state index in [0.29, 0.717) is 0 Å². The first-order chi connectivity index (χ1) is 24.1. The molecule has 3 aromatic heterocycles. The quantitative estimate of drug-likeness (QED) is 0.101. The number of amides is 3. The van der Waals surface area contributed by atoms with Gasteiger partial charge in [-0.15, -0.1) is 0 Å². The van der Waals surface area contributed by atoms with Crippen LogP contribution >= 0.6 is 0 Å². The second-order valence-corrected chi connectivity index (χ2v) is 12.7. The lowest BCUT2D eigenvalue weighted by molar-refractivity contribution is 0.0462. The lowest BCUT2D eigenvalue weighted by Gasteiger charge is -2.22. The van der Waals surface area contributed by atoms with Gasteiger partial charge in [0, 0.05) is 0 Å². The third-order valence-corrected chi connectivity index (χ3v) is 7.61. The highest BCUT2D eigenvalue weighted by Gasteiger charge is 2.29. The van der Waals surface area contributed by atoms with Crippen LogP contribution in [0.1, 0.15) is 110 Å². The molecule has 4 rings (SSSR count). The van der Waals surface area contributed by atoms with Crippen molar-refractivity contribution in [1.82, 2.24) is 16.0 Å². The van der Waals surface area contributed by atoms with Crippen molar-refractivity contribution in [2.24, 2.45) is 0 Å². The second kappa shape index (κ2) is 16.6. The van der Waals surface area contributed by atoms with E-state index in [9.17, 15) is 34.5 Å². The molecular weight excluding hydrogens is 666 g/mol. The van der Waals surface area contributed by atoms with Gasteiger partial charge in [-0.25, -0.2) is 9.59 Å². The minimum absolute atomic E-state index is 0.0530. The van der Waals surface area contributed by atoms with Crippen molar-refractivity contribution in [2.75, 3.05) is 19.8 Å². The first kappa shape index (κ1) is 38.4. The number of hydrogen-bond donors (Lipinski definition) is 6. The maximum Gasteiger partial charge on any atom is 0.408 e. The summed E-state index contributed by atoms with van der Waals surface area (Å²) in [5.41, 5.74) is 0.293. The number of aliphatic hydroxyl groups excluding tert-OH is 3. The highest BCUT2D eigenvalue weighted by Crippen LogP contribution is 2.27. The van der Waals surface area contributed by atoms with E-state index in [0.717, 1.165) is 5.56 Å². The van der Waals surface area contributed by atoms with Gasteiger partial charge in [0.25, 0.3) is 11.8 Å². The third-order valence-electron chi connectivity index (χ3n) is 7.61. The summed E-state index contributed by atoms with van der Waals surface area (Å²) < 4.78 is 27.7. The van der Waals surface area contributed by atoms with E-state index in [4.69, 9.17) is 22.7 Å². The Labute approximate surface area is 293 Å². The highest BCUT2D eigenvalue weighted by molar-refractivity contribution is 5.97. The molecule has 0 unspecified atom stereocenters. The first-order valence-electron chi connectivity index (χ1n) is 16.1. The summed E-state index contributed by atoms with van der Waals surface area (Å²) in [7, 11) is 0.